The fourth-order valence-electron chi connectivity index (χ4n) is 4.59. The number of nitrogens with one attached hydrogen (secondary N) is 4. The first kappa shape index (κ1) is 40.4. The quantitative estimate of drug-likeness (QED) is 0.122. The van der Waals surface area contributed by atoms with Gasteiger partial charge in [0.2, 0.25) is 17.7 Å². The van der Waals surface area contributed by atoms with Crippen LogP contribution in [0.1, 0.15) is 31.4 Å². The van der Waals surface area contributed by atoms with Crippen LogP contribution in [-0.2, 0) is 41.6 Å². The molecule has 1 aliphatic heterocycles. The van der Waals surface area contributed by atoms with Crippen molar-refractivity contribution in [2.75, 3.05) is 26.3 Å². The number of carbonyl (C=O) groups is 5. The number of carbonyl (C=O) groups excluding carboxylic acids is 3. The highest BCUT2D eigenvalue weighted by atomic mass is 19.4. The first-order valence-electron chi connectivity index (χ1n) is 15.2. The highest BCUT2D eigenvalue weighted by molar-refractivity contribution is 5.88. The van der Waals surface area contributed by atoms with Crippen LogP contribution in [0, 0.1) is 5.92 Å². The maximum absolute atomic E-state index is 13.4. The number of carboxylic acids is 2. The number of nitrogens with two attached hydrogens (primary N) is 1. The number of hydrogen-bond donors (Lipinski definition) is 8. The lowest BCUT2D eigenvalue weighted by atomic mass is 9.93. The Labute approximate surface area is 280 Å². The number of hydrogen-bond acceptors (Lipinski definition) is 9. The molecule has 0 saturated carbocycles. The zero-order valence-corrected chi connectivity index (χ0v) is 27.0. The SMILES string of the molecule is CC(C)C[C@H](NC(=O)[C@H](Cc1ccccc1)NC1(CNC(=O)CNC(=O)[C@@H](N)Cc2ccc(O)cc2)COC1)C(=O)O.O=C(O)C(F)(F)F. The van der Waals surface area contributed by atoms with Crippen molar-refractivity contribution in [3.63, 3.8) is 0 Å². The third-order valence-corrected chi connectivity index (χ3v) is 7.18. The number of carboxylic acid groups (broad SMARTS) is 2. The zero-order valence-electron chi connectivity index (χ0n) is 27.0. The van der Waals surface area contributed by atoms with Crippen LogP contribution in [0.2, 0.25) is 0 Å². The van der Waals surface area contributed by atoms with Gasteiger partial charge in [-0.1, -0.05) is 56.3 Å². The van der Waals surface area contributed by atoms with Crippen LogP contribution in [0.3, 0.4) is 0 Å². The third kappa shape index (κ3) is 14.5. The molecule has 0 bridgehead atoms. The Hall–Kier alpha value is -4.74. The summed E-state index contributed by atoms with van der Waals surface area (Å²) >= 11 is 0. The van der Waals surface area contributed by atoms with Crippen molar-refractivity contribution in [2.45, 2.75) is 63.0 Å². The minimum absolute atomic E-state index is 0.0661. The zero-order chi connectivity index (χ0) is 36.8. The molecule has 3 amide bonds. The van der Waals surface area contributed by atoms with Gasteiger partial charge in [0.15, 0.2) is 0 Å². The molecule has 0 spiro atoms. The van der Waals surface area contributed by atoms with E-state index < -0.39 is 59.5 Å². The van der Waals surface area contributed by atoms with Crippen LogP contribution < -0.4 is 27.0 Å². The molecule has 1 fully saturated rings. The number of aliphatic carboxylic acids is 2. The van der Waals surface area contributed by atoms with Gasteiger partial charge < -0.3 is 41.7 Å². The van der Waals surface area contributed by atoms with Crippen molar-refractivity contribution in [2.24, 2.45) is 11.7 Å². The average molecular weight is 698 g/mol. The van der Waals surface area contributed by atoms with E-state index in [1.165, 1.54) is 12.1 Å². The number of aromatic hydroxyl groups is 1. The number of alkyl halides is 3. The predicted octanol–water partition coefficient (Wildman–Crippen LogP) is 0.713. The summed E-state index contributed by atoms with van der Waals surface area (Å²) in [6.07, 6.45) is -4.26. The minimum atomic E-state index is -5.08. The molecule has 270 valence electrons. The van der Waals surface area contributed by atoms with E-state index in [-0.39, 0.29) is 50.8 Å². The molecule has 0 unspecified atom stereocenters. The van der Waals surface area contributed by atoms with E-state index in [0.29, 0.717) is 6.42 Å². The molecule has 3 rings (SSSR count). The number of halogens is 3. The van der Waals surface area contributed by atoms with E-state index in [0.717, 1.165) is 11.1 Å². The first-order chi connectivity index (χ1) is 22.9. The smallest absolute Gasteiger partial charge is 0.490 e. The van der Waals surface area contributed by atoms with Crippen LogP contribution in [0.25, 0.3) is 0 Å². The summed E-state index contributed by atoms with van der Waals surface area (Å²) in [5.41, 5.74) is 6.86. The molecule has 3 atom stereocenters. The molecule has 17 heteroatoms. The second-order valence-electron chi connectivity index (χ2n) is 12.0. The Morgan fingerprint density at radius 3 is 1.94 bits per heavy atom. The molecule has 2 aromatic carbocycles. The normalized spacial score (nSPS) is 15.3. The summed E-state index contributed by atoms with van der Waals surface area (Å²) in [5, 5.41) is 37.4. The number of phenols is 1. The molecule has 0 aliphatic carbocycles. The van der Waals surface area contributed by atoms with Gasteiger partial charge in [0.05, 0.1) is 37.4 Å². The largest absolute Gasteiger partial charge is 0.508 e. The number of phenolic OH excluding ortho intramolecular Hbond substituents is 1. The van der Waals surface area contributed by atoms with Crippen molar-refractivity contribution in [1.82, 2.24) is 21.3 Å². The summed E-state index contributed by atoms with van der Waals surface area (Å²) < 4.78 is 37.2. The Kier molecular flexibility index (Phi) is 15.4. The van der Waals surface area contributed by atoms with Crippen molar-refractivity contribution >= 4 is 29.7 Å². The molecule has 1 heterocycles. The lowest BCUT2D eigenvalue weighted by Crippen LogP contribution is -2.70. The van der Waals surface area contributed by atoms with E-state index in [4.69, 9.17) is 20.4 Å². The molecular weight excluding hydrogens is 655 g/mol. The average Bonchev–Trinajstić information content (AvgIpc) is 3.01. The van der Waals surface area contributed by atoms with Gasteiger partial charge in [0.25, 0.3) is 0 Å². The van der Waals surface area contributed by atoms with Crippen LogP contribution in [0.15, 0.2) is 54.6 Å². The Morgan fingerprint density at radius 1 is 0.878 bits per heavy atom. The maximum atomic E-state index is 13.4. The van der Waals surface area contributed by atoms with E-state index >= 15 is 0 Å². The Morgan fingerprint density at radius 2 is 1.45 bits per heavy atom. The molecule has 1 aliphatic rings. The van der Waals surface area contributed by atoms with Gasteiger partial charge >= 0.3 is 18.1 Å². The minimum Gasteiger partial charge on any atom is -0.508 e. The Balaban J connectivity index is 0.00000107. The van der Waals surface area contributed by atoms with Gasteiger partial charge in [-0.25, -0.2) is 9.59 Å². The van der Waals surface area contributed by atoms with Crippen LogP contribution >= 0.6 is 0 Å². The Bertz CT molecular complexity index is 1410. The van der Waals surface area contributed by atoms with Crippen LogP contribution in [-0.4, -0.2) is 101 Å². The molecule has 14 nitrogen and oxygen atoms in total. The van der Waals surface area contributed by atoms with Gasteiger partial charge in [-0.2, -0.15) is 13.2 Å². The molecule has 49 heavy (non-hydrogen) atoms. The van der Waals surface area contributed by atoms with E-state index in [1.54, 1.807) is 12.1 Å². The maximum Gasteiger partial charge on any atom is 0.490 e. The van der Waals surface area contributed by atoms with Crippen LogP contribution in [0.4, 0.5) is 13.2 Å². The van der Waals surface area contributed by atoms with E-state index in [9.17, 15) is 42.6 Å². The lowest BCUT2D eigenvalue weighted by molar-refractivity contribution is -0.192. The lowest BCUT2D eigenvalue weighted by Gasteiger charge is -2.44. The second kappa shape index (κ2) is 18.7. The molecule has 1 saturated heterocycles. The van der Waals surface area contributed by atoms with Crippen molar-refractivity contribution in [3.05, 3.63) is 65.7 Å². The van der Waals surface area contributed by atoms with Crippen LogP contribution in [0.5, 0.6) is 5.75 Å². The summed E-state index contributed by atoms with van der Waals surface area (Å²) in [6.45, 7) is 4.05. The van der Waals surface area contributed by atoms with E-state index in [1.807, 2.05) is 44.2 Å². The molecule has 9 N–H and O–H groups in total. The van der Waals surface area contributed by atoms with Crippen molar-refractivity contribution in [1.29, 1.82) is 0 Å². The fourth-order valence-corrected chi connectivity index (χ4v) is 4.59. The molecular formula is C32H42F3N5O9. The predicted molar refractivity (Wildman–Crippen MR) is 169 cm³/mol. The van der Waals surface area contributed by atoms with Gasteiger partial charge in [-0.15, -0.1) is 0 Å². The monoisotopic (exact) mass is 697 g/mol. The fraction of sp³-hybridized carbons (Fsp3) is 0.469. The second-order valence-corrected chi connectivity index (χ2v) is 12.0. The van der Waals surface area contributed by atoms with Gasteiger partial charge in [0.1, 0.15) is 11.8 Å². The molecule has 0 radical (unpaired) electrons. The standard InChI is InChI=1S/C30H41N5O7.C2HF3O2/c1-19(2)12-25(29(40)41)34-28(39)24(14-20-6-4-3-5-7-20)35-30(17-42-18-30)16-33-26(37)15-32-27(38)23(31)13-21-8-10-22(36)11-9-21;3-2(4,5)1(6)7/h3-11,19,23-25,35-36H,12-18,31H2,1-2H3,(H,32,38)(H,33,37)(H,34,39)(H,40,41);(H,6,7)/t23-,24-,25-;/m0./s1. The molecule has 0 aromatic heterocycles. The highest BCUT2D eigenvalue weighted by Gasteiger charge is 2.42. The number of rotatable bonds is 16. The first-order valence-corrected chi connectivity index (χ1v) is 15.2. The number of amides is 3. The molecule has 2 aromatic rings. The highest BCUT2D eigenvalue weighted by Crippen LogP contribution is 2.19. The van der Waals surface area contributed by atoms with Gasteiger partial charge in [-0.3, -0.25) is 19.7 Å². The summed E-state index contributed by atoms with van der Waals surface area (Å²) in [4.78, 5) is 59.0. The van der Waals surface area contributed by atoms with Crippen molar-refractivity contribution in [3.8, 4) is 5.75 Å². The summed E-state index contributed by atoms with van der Waals surface area (Å²) in [5.74, 6) is -5.08. The topological polar surface area (TPSA) is 229 Å². The number of benzene rings is 2. The van der Waals surface area contributed by atoms with Gasteiger partial charge in [0, 0.05) is 6.54 Å². The van der Waals surface area contributed by atoms with E-state index in [2.05, 4.69) is 21.3 Å². The summed E-state index contributed by atoms with van der Waals surface area (Å²) in [7, 11) is 0. The summed E-state index contributed by atoms with van der Waals surface area (Å²) in [6, 6.07) is 13.0. The van der Waals surface area contributed by atoms with Gasteiger partial charge in [-0.05, 0) is 48.4 Å². The van der Waals surface area contributed by atoms with Crippen molar-refractivity contribution < 1.29 is 57.2 Å². The third-order valence-electron chi connectivity index (χ3n) is 7.18. The number of ether oxygens (including phenoxy) is 1.